The van der Waals surface area contributed by atoms with Crippen LogP contribution in [0.4, 0.5) is 0 Å². The fourth-order valence-electron chi connectivity index (χ4n) is 2.80. The van der Waals surface area contributed by atoms with E-state index in [9.17, 15) is 0 Å². The summed E-state index contributed by atoms with van der Waals surface area (Å²) >= 11 is 3.65. The van der Waals surface area contributed by atoms with Crippen molar-refractivity contribution in [3.63, 3.8) is 0 Å². The number of piperidine rings is 1. The lowest BCUT2D eigenvalue weighted by Crippen LogP contribution is -2.29. The summed E-state index contributed by atoms with van der Waals surface area (Å²) in [6.07, 6.45) is 3.78. The molecule has 0 radical (unpaired) electrons. The zero-order chi connectivity index (χ0) is 13.1. The monoisotopic (exact) mass is 311 g/mol. The molecule has 18 heavy (non-hydrogen) atoms. The Bertz CT molecular complexity index is 425. The first-order chi connectivity index (χ1) is 8.63. The maximum Gasteiger partial charge on any atom is 0.133 e. The van der Waals surface area contributed by atoms with Crippen molar-refractivity contribution in [2.45, 2.75) is 33.1 Å². The van der Waals surface area contributed by atoms with E-state index in [1.165, 1.54) is 49.0 Å². The van der Waals surface area contributed by atoms with E-state index < -0.39 is 0 Å². The normalized spacial score (nSPS) is 16.9. The van der Waals surface area contributed by atoms with Gasteiger partial charge >= 0.3 is 0 Å². The van der Waals surface area contributed by atoms with Gasteiger partial charge in [0.15, 0.2) is 0 Å². The summed E-state index contributed by atoms with van der Waals surface area (Å²) in [5, 5.41) is 3.43. The molecular formula is C15H22BrNO. The molecule has 1 aromatic carbocycles. The number of rotatable bonds is 3. The summed E-state index contributed by atoms with van der Waals surface area (Å²) in [6.45, 7) is 6.72. The lowest BCUT2D eigenvalue weighted by molar-refractivity contribution is 0.371. The van der Waals surface area contributed by atoms with Crippen LogP contribution in [0.5, 0.6) is 5.75 Å². The Kier molecular flexibility index (Phi) is 4.68. The van der Waals surface area contributed by atoms with Crippen molar-refractivity contribution in [3.05, 3.63) is 27.2 Å². The Hall–Kier alpha value is -0.540. The number of benzene rings is 1. The third-order valence-electron chi connectivity index (χ3n) is 3.99. The molecule has 3 heteroatoms. The second-order valence-electron chi connectivity index (χ2n) is 5.21. The molecule has 100 valence electrons. The molecule has 1 aliphatic rings. The van der Waals surface area contributed by atoms with Gasteiger partial charge in [0.2, 0.25) is 0 Å². The van der Waals surface area contributed by atoms with Crippen LogP contribution in [0.2, 0.25) is 0 Å². The largest absolute Gasteiger partial charge is 0.496 e. The van der Waals surface area contributed by atoms with E-state index in [-0.39, 0.29) is 0 Å². The van der Waals surface area contributed by atoms with Crippen LogP contribution in [-0.4, -0.2) is 20.2 Å². The maximum absolute atomic E-state index is 5.39. The lowest BCUT2D eigenvalue weighted by atomic mass is 9.87. The summed E-state index contributed by atoms with van der Waals surface area (Å²) in [4.78, 5) is 0. The van der Waals surface area contributed by atoms with Gasteiger partial charge in [-0.25, -0.2) is 0 Å². The average Bonchev–Trinajstić information content (AvgIpc) is 2.40. The molecule has 0 spiro atoms. The molecule has 0 amide bonds. The van der Waals surface area contributed by atoms with Crippen LogP contribution in [0.1, 0.15) is 29.5 Å². The van der Waals surface area contributed by atoms with Crippen molar-refractivity contribution in [2.24, 2.45) is 5.92 Å². The predicted molar refractivity (Wildman–Crippen MR) is 79.5 cm³/mol. The van der Waals surface area contributed by atoms with Gasteiger partial charge in [-0.2, -0.15) is 0 Å². The van der Waals surface area contributed by atoms with Crippen molar-refractivity contribution in [3.8, 4) is 5.75 Å². The zero-order valence-electron chi connectivity index (χ0n) is 11.5. The SMILES string of the molecule is COc1cc(C)c(CC2CCNCC2)c(C)c1Br. The van der Waals surface area contributed by atoms with E-state index in [2.05, 4.69) is 41.2 Å². The smallest absolute Gasteiger partial charge is 0.133 e. The fraction of sp³-hybridized carbons (Fsp3) is 0.600. The third-order valence-corrected chi connectivity index (χ3v) is 4.98. The van der Waals surface area contributed by atoms with Crippen molar-refractivity contribution in [2.75, 3.05) is 20.2 Å². The Morgan fingerprint density at radius 3 is 2.61 bits per heavy atom. The van der Waals surface area contributed by atoms with Crippen LogP contribution in [0.25, 0.3) is 0 Å². The molecule has 1 fully saturated rings. The van der Waals surface area contributed by atoms with Gasteiger partial charge in [0, 0.05) is 0 Å². The minimum absolute atomic E-state index is 0.823. The highest BCUT2D eigenvalue weighted by Gasteiger charge is 2.18. The molecule has 1 heterocycles. The van der Waals surface area contributed by atoms with Gasteiger partial charge in [0.1, 0.15) is 5.75 Å². The quantitative estimate of drug-likeness (QED) is 0.920. The Morgan fingerprint density at radius 2 is 2.00 bits per heavy atom. The number of hydrogen-bond donors (Lipinski definition) is 1. The Balaban J connectivity index is 2.24. The summed E-state index contributed by atoms with van der Waals surface area (Å²) in [5.74, 6) is 1.77. The lowest BCUT2D eigenvalue weighted by Gasteiger charge is -2.25. The zero-order valence-corrected chi connectivity index (χ0v) is 13.1. The summed E-state index contributed by atoms with van der Waals surface area (Å²) in [6, 6.07) is 2.15. The van der Waals surface area contributed by atoms with E-state index in [1.807, 2.05) is 0 Å². The molecule has 1 aliphatic heterocycles. The molecule has 0 saturated carbocycles. The fourth-order valence-corrected chi connectivity index (χ4v) is 3.31. The van der Waals surface area contributed by atoms with E-state index in [0.29, 0.717) is 0 Å². The first kappa shape index (κ1) is 13.9. The molecule has 1 N–H and O–H groups in total. The second kappa shape index (κ2) is 6.07. The number of hydrogen-bond acceptors (Lipinski definition) is 2. The van der Waals surface area contributed by atoms with Crippen LogP contribution in [0, 0.1) is 19.8 Å². The number of nitrogens with one attached hydrogen (secondary N) is 1. The van der Waals surface area contributed by atoms with Crippen LogP contribution >= 0.6 is 15.9 Å². The second-order valence-corrected chi connectivity index (χ2v) is 6.00. The van der Waals surface area contributed by atoms with Crippen LogP contribution in [0.15, 0.2) is 10.5 Å². The molecular weight excluding hydrogens is 290 g/mol. The maximum atomic E-state index is 5.39. The number of halogens is 1. The molecule has 2 nitrogen and oxygen atoms in total. The van der Waals surface area contributed by atoms with Crippen LogP contribution in [0.3, 0.4) is 0 Å². The topological polar surface area (TPSA) is 21.3 Å². The number of methoxy groups -OCH3 is 1. The number of ether oxygens (including phenoxy) is 1. The van der Waals surface area contributed by atoms with Gasteiger partial charge in [-0.1, -0.05) is 0 Å². The molecule has 1 aromatic rings. The summed E-state index contributed by atoms with van der Waals surface area (Å²) < 4.78 is 6.51. The minimum atomic E-state index is 0.823. The van der Waals surface area contributed by atoms with E-state index >= 15 is 0 Å². The highest BCUT2D eigenvalue weighted by atomic mass is 79.9. The van der Waals surface area contributed by atoms with E-state index in [0.717, 1.165) is 16.1 Å². The van der Waals surface area contributed by atoms with E-state index in [4.69, 9.17) is 4.74 Å². The van der Waals surface area contributed by atoms with E-state index in [1.54, 1.807) is 7.11 Å². The minimum Gasteiger partial charge on any atom is -0.496 e. The average molecular weight is 312 g/mol. The summed E-state index contributed by atoms with van der Waals surface area (Å²) in [5.41, 5.74) is 4.19. The van der Waals surface area contributed by atoms with Crippen molar-refractivity contribution < 1.29 is 4.74 Å². The molecule has 2 rings (SSSR count). The predicted octanol–water partition coefficient (Wildman–Crippen LogP) is 3.62. The van der Waals surface area contributed by atoms with Gasteiger partial charge in [-0.15, -0.1) is 0 Å². The van der Waals surface area contributed by atoms with Gasteiger partial charge in [0.25, 0.3) is 0 Å². The van der Waals surface area contributed by atoms with Gasteiger partial charge < -0.3 is 10.1 Å². The first-order valence-corrected chi connectivity index (χ1v) is 7.46. The Labute approximate surface area is 118 Å². The molecule has 0 atom stereocenters. The highest BCUT2D eigenvalue weighted by molar-refractivity contribution is 9.10. The van der Waals surface area contributed by atoms with Crippen molar-refractivity contribution >= 4 is 15.9 Å². The molecule has 0 aliphatic carbocycles. The Morgan fingerprint density at radius 1 is 1.33 bits per heavy atom. The van der Waals surface area contributed by atoms with Gasteiger partial charge in [0.05, 0.1) is 11.6 Å². The standard InChI is InChI=1S/C15H22BrNO/c1-10-8-14(18-3)15(16)11(2)13(10)9-12-4-6-17-7-5-12/h8,12,17H,4-7,9H2,1-3H3. The first-order valence-electron chi connectivity index (χ1n) is 6.66. The van der Waals surface area contributed by atoms with Gasteiger partial charge in [-0.3, -0.25) is 0 Å². The van der Waals surface area contributed by atoms with Crippen LogP contribution < -0.4 is 10.1 Å². The van der Waals surface area contributed by atoms with Crippen molar-refractivity contribution in [1.82, 2.24) is 5.32 Å². The van der Waals surface area contributed by atoms with Crippen LogP contribution in [-0.2, 0) is 6.42 Å². The number of aryl methyl sites for hydroxylation is 1. The summed E-state index contributed by atoms with van der Waals surface area (Å²) in [7, 11) is 1.73. The third kappa shape index (κ3) is 2.89. The van der Waals surface area contributed by atoms with Crippen molar-refractivity contribution in [1.29, 1.82) is 0 Å². The molecule has 1 saturated heterocycles. The molecule has 0 bridgehead atoms. The van der Waals surface area contributed by atoms with Gasteiger partial charge in [-0.05, 0) is 90.8 Å². The highest BCUT2D eigenvalue weighted by Crippen LogP contribution is 2.34. The molecule has 0 unspecified atom stereocenters. The molecule has 0 aromatic heterocycles.